The van der Waals surface area contributed by atoms with Crippen molar-refractivity contribution in [1.29, 1.82) is 0 Å². The summed E-state index contributed by atoms with van der Waals surface area (Å²) < 4.78 is 7.12. The summed E-state index contributed by atoms with van der Waals surface area (Å²) in [5, 5.41) is 10.4. The van der Waals surface area contributed by atoms with Gasteiger partial charge >= 0.3 is 0 Å². The summed E-state index contributed by atoms with van der Waals surface area (Å²) in [4.78, 5) is 19.8. The molecule has 4 aromatic rings. The number of ether oxygens (including phenoxy) is 1. The van der Waals surface area contributed by atoms with Gasteiger partial charge in [0.05, 0.1) is 18.7 Å². The van der Waals surface area contributed by atoms with Gasteiger partial charge < -0.3 is 9.64 Å². The van der Waals surface area contributed by atoms with Gasteiger partial charge in [0.1, 0.15) is 5.52 Å². The van der Waals surface area contributed by atoms with E-state index in [4.69, 9.17) is 4.74 Å². The molecule has 1 aromatic heterocycles. The van der Waals surface area contributed by atoms with Crippen LogP contribution >= 0.6 is 0 Å². The highest BCUT2D eigenvalue weighted by Gasteiger charge is 2.22. The van der Waals surface area contributed by atoms with E-state index in [2.05, 4.69) is 15.3 Å². The highest BCUT2D eigenvalue weighted by Crippen LogP contribution is 2.20. The first-order chi connectivity index (χ1) is 14.3. The van der Waals surface area contributed by atoms with Gasteiger partial charge in [-0.3, -0.25) is 4.79 Å². The molecule has 29 heavy (non-hydrogen) atoms. The van der Waals surface area contributed by atoms with Crippen molar-refractivity contribution < 1.29 is 9.53 Å². The molecule has 1 aliphatic heterocycles. The van der Waals surface area contributed by atoms with Gasteiger partial charge in [0.2, 0.25) is 5.96 Å². The Morgan fingerprint density at radius 1 is 0.931 bits per heavy atom. The Balaban J connectivity index is 1.64. The molecule has 0 spiro atoms. The number of carbonyl (C=O) groups is 1. The van der Waals surface area contributed by atoms with E-state index in [-0.39, 0.29) is 5.91 Å². The van der Waals surface area contributed by atoms with Gasteiger partial charge in [0.15, 0.2) is 0 Å². The minimum atomic E-state index is -0.303. The van der Waals surface area contributed by atoms with Crippen LogP contribution < -0.4 is 0 Å². The fourth-order valence-electron chi connectivity index (χ4n) is 3.59. The van der Waals surface area contributed by atoms with Gasteiger partial charge in [0.25, 0.3) is 5.91 Å². The molecule has 0 aliphatic carbocycles. The van der Waals surface area contributed by atoms with Crippen LogP contribution in [0.3, 0.4) is 0 Å². The van der Waals surface area contributed by atoms with Gasteiger partial charge in [-0.25, -0.2) is 0 Å². The summed E-state index contributed by atoms with van der Waals surface area (Å²) in [7, 11) is 0. The SMILES string of the molecule is O=C(N=C(N1CCOCC1)n1nnc2ccccc21)c1cccc2ccccc12. The summed E-state index contributed by atoms with van der Waals surface area (Å²) in [5.41, 5.74) is 2.13. The summed E-state index contributed by atoms with van der Waals surface area (Å²) in [6.45, 7) is 2.42. The predicted molar refractivity (Wildman–Crippen MR) is 111 cm³/mol. The number of amides is 1. The van der Waals surface area contributed by atoms with E-state index in [1.54, 1.807) is 4.68 Å². The van der Waals surface area contributed by atoms with Gasteiger partial charge in [-0.2, -0.15) is 9.67 Å². The second-order valence-electron chi connectivity index (χ2n) is 6.83. The number of hydrogen-bond acceptors (Lipinski definition) is 4. The lowest BCUT2D eigenvalue weighted by Gasteiger charge is -2.29. The molecule has 7 heteroatoms. The van der Waals surface area contributed by atoms with Crippen LogP contribution in [-0.4, -0.2) is 58.1 Å². The number of carbonyl (C=O) groups excluding carboxylic acids is 1. The molecule has 0 radical (unpaired) electrons. The van der Waals surface area contributed by atoms with E-state index in [9.17, 15) is 4.79 Å². The third-order valence-electron chi connectivity index (χ3n) is 5.06. The fraction of sp³-hybridized carbons (Fsp3) is 0.182. The lowest BCUT2D eigenvalue weighted by Crippen LogP contribution is -2.44. The van der Waals surface area contributed by atoms with E-state index in [1.165, 1.54) is 0 Å². The standard InChI is InChI=1S/C22H19N5O2/c28-21(18-9-5-7-16-6-1-2-8-17(16)18)23-22(26-12-14-29-15-13-26)27-20-11-4-3-10-19(20)24-25-27/h1-11H,12-15H2. The molecule has 0 atom stereocenters. The molecule has 0 unspecified atom stereocenters. The molecule has 1 fully saturated rings. The van der Waals surface area contributed by atoms with Crippen LogP contribution in [0, 0.1) is 0 Å². The Kier molecular flexibility index (Phi) is 4.50. The number of fused-ring (bicyclic) bond motifs is 2. The maximum absolute atomic E-state index is 13.2. The number of rotatable bonds is 1. The van der Waals surface area contributed by atoms with Crippen molar-refractivity contribution >= 4 is 33.7 Å². The quantitative estimate of drug-likeness (QED) is 0.372. The summed E-state index contributed by atoms with van der Waals surface area (Å²) in [6, 6.07) is 21.1. The molecule has 0 saturated carbocycles. The Hall–Kier alpha value is -3.58. The maximum atomic E-state index is 13.2. The van der Waals surface area contributed by atoms with Crippen LogP contribution in [0.15, 0.2) is 71.7 Å². The Morgan fingerprint density at radius 2 is 1.69 bits per heavy atom. The number of para-hydroxylation sites is 1. The van der Waals surface area contributed by atoms with Gasteiger partial charge in [-0.05, 0) is 29.0 Å². The predicted octanol–water partition coefficient (Wildman–Crippen LogP) is 2.96. The van der Waals surface area contributed by atoms with Crippen molar-refractivity contribution in [3.63, 3.8) is 0 Å². The molecule has 1 saturated heterocycles. The lowest BCUT2D eigenvalue weighted by molar-refractivity contribution is 0.0660. The van der Waals surface area contributed by atoms with Crippen molar-refractivity contribution in [2.24, 2.45) is 4.99 Å². The number of aliphatic imine (C=N–C) groups is 1. The third kappa shape index (κ3) is 3.25. The van der Waals surface area contributed by atoms with Gasteiger partial charge in [-0.1, -0.05) is 53.7 Å². The van der Waals surface area contributed by atoms with Crippen molar-refractivity contribution in [3.05, 3.63) is 72.3 Å². The second kappa shape index (κ2) is 7.44. The lowest BCUT2D eigenvalue weighted by atomic mass is 10.0. The van der Waals surface area contributed by atoms with E-state index >= 15 is 0 Å². The van der Waals surface area contributed by atoms with E-state index < -0.39 is 0 Å². The minimum absolute atomic E-state index is 0.303. The van der Waals surface area contributed by atoms with Crippen molar-refractivity contribution in [1.82, 2.24) is 19.9 Å². The normalized spacial score (nSPS) is 15.2. The number of morpholine rings is 1. The highest BCUT2D eigenvalue weighted by molar-refractivity contribution is 6.11. The summed E-state index contributed by atoms with van der Waals surface area (Å²) >= 11 is 0. The van der Waals surface area contributed by atoms with Crippen LogP contribution in [0.25, 0.3) is 21.8 Å². The van der Waals surface area contributed by atoms with Gasteiger partial charge in [-0.15, -0.1) is 5.10 Å². The van der Waals surface area contributed by atoms with Crippen molar-refractivity contribution in [2.75, 3.05) is 26.3 Å². The number of aromatic nitrogens is 3. The molecule has 3 aromatic carbocycles. The number of hydrogen-bond donors (Lipinski definition) is 0. The molecule has 1 aliphatic rings. The van der Waals surface area contributed by atoms with Crippen LogP contribution in [0.2, 0.25) is 0 Å². The molecule has 2 heterocycles. The minimum Gasteiger partial charge on any atom is -0.378 e. The average molecular weight is 385 g/mol. The average Bonchev–Trinajstić information content (AvgIpc) is 3.21. The van der Waals surface area contributed by atoms with Crippen LogP contribution in [0.1, 0.15) is 10.4 Å². The summed E-state index contributed by atoms with van der Waals surface area (Å²) in [6.07, 6.45) is 0. The molecule has 144 valence electrons. The van der Waals surface area contributed by atoms with Crippen molar-refractivity contribution in [2.45, 2.75) is 0 Å². The van der Waals surface area contributed by atoms with Crippen molar-refractivity contribution in [3.8, 4) is 0 Å². The third-order valence-corrected chi connectivity index (χ3v) is 5.06. The molecule has 1 amide bonds. The van der Waals surface area contributed by atoms with Crippen LogP contribution in [0.5, 0.6) is 0 Å². The summed E-state index contributed by atoms with van der Waals surface area (Å²) in [5.74, 6) is 0.169. The zero-order valence-electron chi connectivity index (χ0n) is 15.7. The maximum Gasteiger partial charge on any atom is 0.280 e. The Bertz CT molecular complexity index is 1220. The van der Waals surface area contributed by atoms with Crippen LogP contribution in [-0.2, 0) is 4.74 Å². The molecular weight excluding hydrogens is 366 g/mol. The monoisotopic (exact) mass is 385 g/mol. The number of nitrogens with zero attached hydrogens (tertiary/aromatic N) is 5. The van der Waals surface area contributed by atoms with E-state index in [0.717, 1.165) is 21.8 Å². The van der Waals surface area contributed by atoms with E-state index in [0.29, 0.717) is 37.8 Å². The molecule has 0 bridgehead atoms. The van der Waals surface area contributed by atoms with E-state index in [1.807, 2.05) is 71.6 Å². The topological polar surface area (TPSA) is 72.6 Å². The molecular formula is C22H19N5O2. The Morgan fingerprint density at radius 3 is 2.59 bits per heavy atom. The first kappa shape index (κ1) is 17.5. The molecule has 0 N–H and O–H groups in total. The zero-order chi connectivity index (χ0) is 19.6. The molecule has 5 rings (SSSR count). The number of benzene rings is 3. The fourth-order valence-corrected chi connectivity index (χ4v) is 3.59. The zero-order valence-corrected chi connectivity index (χ0v) is 15.7. The smallest absolute Gasteiger partial charge is 0.280 e. The molecule has 7 nitrogen and oxygen atoms in total. The van der Waals surface area contributed by atoms with Gasteiger partial charge in [0, 0.05) is 18.7 Å². The first-order valence-electron chi connectivity index (χ1n) is 9.55. The van der Waals surface area contributed by atoms with Crippen LogP contribution in [0.4, 0.5) is 0 Å². The first-order valence-corrected chi connectivity index (χ1v) is 9.55. The Labute approximate surface area is 167 Å². The second-order valence-corrected chi connectivity index (χ2v) is 6.83. The largest absolute Gasteiger partial charge is 0.378 e. The highest BCUT2D eigenvalue weighted by atomic mass is 16.5.